The van der Waals surface area contributed by atoms with Crippen LogP contribution in [0.5, 0.6) is 0 Å². The summed E-state index contributed by atoms with van der Waals surface area (Å²) in [4.78, 5) is 16.7. The molecule has 26 heavy (non-hydrogen) atoms. The second-order valence-corrected chi connectivity index (χ2v) is 7.26. The normalized spacial score (nSPS) is 11.3. The van der Waals surface area contributed by atoms with Gasteiger partial charge in [0, 0.05) is 6.54 Å². The Morgan fingerprint density at radius 3 is 2.54 bits per heavy atom. The van der Waals surface area contributed by atoms with Gasteiger partial charge in [-0.3, -0.25) is 4.79 Å². The van der Waals surface area contributed by atoms with E-state index in [1.807, 2.05) is 24.3 Å². The molecule has 0 atom stereocenters. The van der Waals surface area contributed by atoms with Gasteiger partial charge in [0.1, 0.15) is 17.3 Å². The van der Waals surface area contributed by atoms with Gasteiger partial charge >= 0.3 is 0 Å². The van der Waals surface area contributed by atoms with Crippen molar-refractivity contribution < 1.29 is 13.6 Å². The number of fused-ring (bicyclic) bond motifs is 1. The lowest BCUT2D eigenvalue weighted by atomic mass is 10.2. The van der Waals surface area contributed by atoms with Crippen molar-refractivity contribution in [3.05, 3.63) is 54.1 Å². The number of nitrogens with zero attached hydrogens (tertiary/aromatic N) is 2. The zero-order valence-corrected chi connectivity index (χ0v) is 15.3. The molecule has 0 saturated heterocycles. The van der Waals surface area contributed by atoms with E-state index < -0.39 is 23.2 Å². The number of hydrogen-bond acceptors (Lipinski definition) is 3. The minimum absolute atomic E-state index is 0.00912. The molecule has 0 aliphatic carbocycles. The third-order valence-electron chi connectivity index (χ3n) is 3.73. The average Bonchev–Trinajstić information content (AvgIpc) is 2.94. The number of rotatable bonds is 6. The van der Waals surface area contributed by atoms with Gasteiger partial charge in [-0.05, 0) is 30.2 Å². The highest BCUT2D eigenvalue weighted by molar-refractivity contribution is 7.99. The van der Waals surface area contributed by atoms with Gasteiger partial charge in [-0.15, -0.1) is 0 Å². The van der Waals surface area contributed by atoms with Crippen LogP contribution < -0.4 is 5.32 Å². The first-order valence-corrected chi connectivity index (χ1v) is 9.26. The fourth-order valence-corrected chi connectivity index (χ4v) is 3.45. The second-order valence-electron chi connectivity index (χ2n) is 6.32. The van der Waals surface area contributed by atoms with Gasteiger partial charge in [0.05, 0.1) is 16.8 Å². The summed E-state index contributed by atoms with van der Waals surface area (Å²) in [7, 11) is 0. The summed E-state index contributed by atoms with van der Waals surface area (Å²) in [6.45, 7) is 4.99. The van der Waals surface area contributed by atoms with Crippen molar-refractivity contribution in [2.75, 3.05) is 11.1 Å². The van der Waals surface area contributed by atoms with Gasteiger partial charge in [-0.25, -0.2) is 13.8 Å². The molecular formula is C19H19F2N3OS. The minimum Gasteiger partial charge on any atom is -0.320 e. The van der Waals surface area contributed by atoms with Crippen molar-refractivity contribution in [2.45, 2.75) is 25.5 Å². The van der Waals surface area contributed by atoms with E-state index in [1.54, 1.807) is 0 Å². The molecule has 0 radical (unpaired) electrons. The molecule has 0 bridgehead atoms. The number of halogens is 2. The van der Waals surface area contributed by atoms with Gasteiger partial charge in [-0.2, -0.15) is 0 Å². The summed E-state index contributed by atoms with van der Waals surface area (Å²) >= 11 is 1.25. The predicted octanol–water partition coefficient (Wildman–Crippen LogP) is 4.70. The number of hydrogen-bond donors (Lipinski definition) is 1. The SMILES string of the molecule is CC(C)Cn1c(SCC(=O)Nc2c(F)cccc2F)nc2ccccc21. The molecule has 136 valence electrons. The van der Waals surface area contributed by atoms with E-state index in [0.29, 0.717) is 11.1 Å². The highest BCUT2D eigenvalue weighted by Crippen LogP contribution is 2.26. The maximum absolute atomic E-state index is 13.6. The molecule has 0 spiro atoms. The van der Waals surface area contributed by atoms with Crippen molar-refractivity contribution in [3.8, 4) is 0 Å². The van der Waals surface area contributed by atoms with E-state index in [4.69, 9.17) is 0 Å². The largest absolute Gasteiger partial charge is 0.320 e. The fourth-order valence-electron chi connectivity index (χ4n) is 2.63. The van der Waals surface area contributed by atoms with Crippen molar-refractivity contribution in [1.29, 1.82) is 0 Å². The monoisotopic (exact) mass is 375 g/mol. The summed E-state index contributed by atoms with van der Waals surface area (Å²) in [5.41, 5.74) is 1.44. The smallest absolute Gasteiger partial charge is 0.235 e. The zero-order valence-electron chi connectivity index (χ0n) is 14.5. The number of carbonyl (C=O) groups is 1. The number of nitrogens with one attached hydrogen (secondary N) is 1. The van der Waals surface area contributed by atoms with E-state index in [2.05, 4.69) is 28.7 Å². The fraction of sp³-hybridized carbons (Fsp3) is 0.263. The van der Waals surface area contributed by atoms with Crippen LogP contribution in [0.4, 0.5) is 14.5 Å². The Bertz CT molecular complexity index is 919. The van der Waals surface area contributed by atoms with E-state index in [9.17, 15) is 13.6 Å². The lowest BCUT2D eigenvalue weighted by Gasteiger charge is -2.11. The molecule has 1 heterocycles. The molecular weight excluding hydrogens is 356 g/mol. The molecule has 0 unspecified atom stereocenters. The lowest BCUT2D eigenvalue weighted by Crippen LogP contribution is -2.17. The van der Waals surface area contributed by atoms with Crippen LogP contribution in [-0.4, -0.2) is 21.2 Å². The molecule has 0 aliphatic rings. The molecule has 3 rings (SSSR count). The van der Waals surface area contributed by atoms with Crippen LogP contribution in [0, 0.1) is 17.6 Å². The van der Waals surface area contributed by atoms with Crippen molar-refractivity contribution in [1.82, 2.24) is 9.55 Å². The van der Waals surface area contributed by atoms with Crippen LogP contribution in [0.25, 0.3) is 11.0 Å². The summed E-state index contributed by atoms with van der Waals surface area (Å²) in [6.07, 6.45) is 0. The summed E-state index contributed by atoms with van der Waals surface area (Å²) in [6, 6.07) is 11.2. The number of anilines is 1. The van der Waals surface area contributed by atoms with Gasteiger partial charge in [0.2, 0.25) is 5.91 Å². The van der Waals surface area contributed by atoms with Gasteiger partial charge in [-0.1, -0.05) is 43.8 Å². The molecule has 4 nitrogen and oxygen atoms in total. The molecule has 3 aromatic rings. The Morgan fingerprint density at radius 2 is 1.85 bits per heavy atom. The number of thioether (sulfide) groups is 1. The number of benzene rings is 2. The molecule has 1 amide bonds. The predicted molar refractivity (Wildman–Crippen MR) is 100 cm³/mol. The van der Waals surface area contributed by atoms with Crippen LogP contribution in [0.1, 0.15) is 13.8 Å². The van der Waals surface area contributed by atoms with E-state index >= 15 is 0 Å². The Kier molecular flexibility index (Phi) is 5.56. The first-order chi connectivity index (χ1) is 12.5. The average molecular weight is 375 g/mol. The van der Waals surface area contributed by atoms with Crippen LogP contribution >= 0.6 is 11.8 Å². The van der Waals surface area contributed by atoms with Crippen molar-refractivity contribution in [2.24, 2.45) is 5.92 Å². The third-order valence-corrected chi connectivity index (χ3v) is 4.70. The standard InChI is InChI=1S/C19H19F2N3OS/c1-12(2)10-24-16-9-4-3-8-15(16)22-19(24)26-11-17(25)23-18-13(20)6-5-7-14(18)21/h3-9,12H,10-11H2,1-2H3,(H,23,25). The maximum atomic E-state index is 13.6. The van der Waals surface area contributed by atoms with Crippen LogP contribution in [0.15, 0.2) is 47.6 Å². The minimum atomic E-state index is -0.796. The van der Waals surface area contributed by atoms with Crippen molar-refractivity contribution in [3.63, 3.8) is 0 Å². The molecule has 0 aliphatic heterocycles. The first-order valence-electron chi connectivity index (χ1n) is 8.27. The topological polar surface area (TPSA) is 46.9 Å². The molecule has 0 fully saturated rings. The van der Waals surface area contributed by atoms with E-state index in [0.717, 1.165) is 29.7 Å². The molecule has 0 saturated carbocycles. The molecule has 2 aromatic carbocycles. The molecule has 7 heteroatoms. The maximum Gasteiger partial charge on any atom is 0.235 e. The number of para-hydroxylation sites is 3. The van der Waals surface area contributed by atoms with Gasteiger partial charge < -0.3 is 9.88 Å². The molecule has 1 aromatic heterocycles. The third kappa shape index (κ3) is 4.04. The highest BCUT2D eigenvalue weighted by Gasteiger charge is 2.16. The zero-order chi connectivity index (χ0) is 18.7. The van der Waals surface area contributed by atoms with Crippen LogP contribution in [0.2, 0.25) is 0 Å². The summed E-state index contributed by atoms with van der Waals surface area (Å²) < 4.78 is 29.4. The Balaban J connectivity index is 1.76. The Morgan fingerprint density at radius 1 is 1.15 bits per heavy atom. The quantitative estimate of drug-likeness (QED) is 0.635. The van der Waals surface area contributed by atoms with E-state index in [-0.39, 0.29) is 5.75 Å². The van der Waals surface area contributed by atoms with Gasteiger partial charge in [0.25, 0.3) is 0 Å². The summed E-state index contributed by atoms with van der Waals surface area (Å²) in [5.74, 6) is -1.66. The Hall–Kier alpha value is -2.41. The number of carbonyl (C=O) groups excluding carboxylic acids is 1. The highest BCUT2D eigenvalue weighted by atomic mass is 32.2. The van der Waals surface area contributed by atoms with Crippen LogP contribution in [0.3, 0.4) is 0 Å². The first kappa shape index (κ1) is 18.4. The van der Waals surface area contributed by atoms with Gasteiger partial charge in [0.15, 0.2) is 5.16 Å². The number of aromatic nitrogens is 2. The van der Waals surface area contributed by atoms with Crippen molar-refractivity contribution >= 4 is 34.4 Å². The summed E-state index contributed by atoms with van der Waals surface area (Å²) in [5, 5.41) is 3.01. The van der Waals surface area contributed by atoms with E-state index in [1.165, 1.54) is 17.8 Å². The second kappa shape index (κ2) is 7.86. The number of imidazole rings is 1. The Labute approximate surface area is 154 Å². The molecule has 1 N–H and O–H groups in total. The number of amides is 1. The van der Waals surface area contributed by atoms with Crippen LogP contribution in [-0.2, 0) is 11.3 Å². The lowest BCUT2D eigenvalue weighted by molar-refractivity contribution is -0.113.